The Bertz CT molecular complexity index is 1740. The van der Waals surface area contributed by atoms with Crippen molar-refractivity contribution < 1.29 is 22.5 Å². The number of nitrogens with zero attached hydrogens (tertiary/aromatic N) is 6. The van der Waals surface area contributed by atoms with Gasteiger partial charge in [-0.3, -0.25) is 14.3 Å². The monoisotopic (exact) mass is 603 g/mol. The van der Waals surface area contributed by atoms with Gasteiger partial charge >= 0.3 is 4.87 Å². The molecule has 1 atom stereocenters. The summed E-state index contributed by atoms with van der Waals surface area (Å²) in [5.41, 5.74) is 8.24. The largest absolute Gasteiger partial charge is 0.616 e. The molecule has 0 spiro atoms. The maximum atomic E-state index is 14.6. The number of rotatable bonds is 9. The Hall–Kier alpha value is -3.66. The Morgan fingerprint density at radius 2 is 1.98 bits per heavy atom. The van der Waals surface area contributed by atoms with Gasteiger partial charge in [0.1, 0.15) is 28.6 Å². The van der Waals surface area contributed by atoms with Crippen molar-refractivity contribution in [3.05, 3.63) is 57.9 Å². The van der Waals surface area contributed by atoms with Crippen LogP contribution in [0.2, 0.25) is 0 Å². The first-order valence-electron chi connectivity index (χ1n) is 12.9. The quantitative estimate of drug-likeness (QED) is 0.253. The average molecular weight is 604 g/mol. The number of piperazine rings is 1. The summed E-state index contributed by atoms with van der Waals surface area (Å²) in [5, 5.41) is 4.48. The molecule has 216 valence electrons. The summed E-state index contributed by atoms with van der Waals surface area (Å²) in [4.78, 5) is 21.3. The molecule has 1 aliphatic heterocycles. The minimum Gasteiger partial charge on any atom is -0.616 e. The third-order valence-electron chi connectivity index (χ3n) is 7.00. The molecule has 0 radical (unpaired) electrons. The van der Waals surface area contributed by atoms with Crippen LogP contribution in [0.1, 0.15) is 0 Å². The van der Waals surface area contributed by atoms with Crippen LogP contribution in [-0.4, -0.2) is 80.0 Å². The van der Waals surface area contributed by atoms with Crippen molar-refractivity contribution in [2.24, 2.45) is 0 Å². The van der Waals surface area contributed by atoms with Crippen LogP contribution in [0.5, 0.6) is 5.75 Å². The Morgan fingerprint density at radius 3 is 2.71 bits per heavy atom. The number of hydrogen-bond acceptors (Lipinski definition) is 10. The molecule has 1 aromatic carbocycles. The van der Waals surface area contributed by atoms with Gasteiger partial charge in [-0.15, -0.1) is 0 Å². The van der Waals surface area contributed by atoms with Gasteiger partial charge in [0.25, 0.3) is 0 Å². The van der Waals surface area contributed by atoms with Crippen molar-refractivity contribution in [2.75, 3.05) is 62.0 Å². The van der Waals surface area contributed by atoms with Crippen molar-refractivity contribution >= 4 is 50.0 Å². The van der Waals surface area contributed by atoms with Crippen LogP contribution < -0.4 is 20.2 Å². The van der Waals surface area contributed by atoms with Crippen LogP contribution in [0.3, 0.4) is 0 Å². The summed E-state index contributed by atoms with van der Waals surface area (Å²) in [5.74, 6) is -0.505. The molecule has 4 aromatic heterocycles. The lowest BCUT2D eigenvalue weighted by Gasteiger charge is -2.36. The SMILES string of the molecule is C[S+]([O-])CCOc1cc(N2CCN(CCn3c(=O)sc4c3nc(N)n3nc(-c5ccco5)cc43)CC2)c(F)cc1F. The molecule has 0 saturated carbocycles. The smallest absolute Gasteiger partial charge is 0.309 e. The van der Waals surface area contributed by atoms with Gasteiger partial charge < -0.3 is 24.3 Å². The molecule has 11 nitrogen and oxygen atoms in total. The minimum absolute atomic E-state index is 0.0617. The van der Waals surface area contributed by atoms with E-state index in [1.54, 1.807) is 23.0 Å². The molecule has 5 heterocycles. The van der Waals surface area contributed by atoms with Crippen LogP contribution in [0, 0.1) is 11.6 Å². The van der Waals surface area contributed by atoms with Crippen molar-refractivity contribution in [1.29, 1.82) is 0 Å². The van der Waals surface area contributed by atoms with Crippen LogP contribution >= 0.6 is 11.3 Å². The second-order valence-corrected chi connectivity index (χ2v) is 12.2. The van der Waals surface area contributed by atoms with Crippen LogP contribution in [-0.2, 0) is 17.7 Å². The topological polar surface area (TPSA) is 130 Å². The summed E-state index contributed by atoms with van der Waals surface area (Å²) in [6.45, 7) is 3.32. The normalized spacial score (nSPS) is 15.3. The Morgan fingerprint density at radius 1 is 1.17 bits per heavy atom. The molecule has 0 bridgehead atoms. The molecule has 0 amide bonds. The van der Waals surface area contributed by atoms with E-state index < -0.39 is 22.8 Å². The van der Waals surface area contributed by atoms with E-state index in [-0.39, 0.29) is 34.6 Å². The summed E-state index contributed by atoms with van der Waals surface area (Å²) in [6.07, 6.45) is 3.10. The second-order valence-electron chi connectivity index (χ2n) is 9.63. The first-order chi connectivity index (χ1) is 19.8. The molecule has 41 heavy (non-hydrogen) atoms. The molecule has 1 fully saturated rings. The number of benzene rings is 1. The zero-order valence-corrected chi connectivity index (χ0v) is 23.7. The summed E-state index contributed by atoms with van der Waals surface area (Å²) >= 11 is 0.0180. The number of fused-ring (bicyclic) bond motifs is 3. The fraction of sp³-hybridized carbons (Fsp3) is 0.346. The molecule has 1 unspecified atom stereocenters. The van der Waals surface area contributed by atoms with Crippen LogP contribution in [0.4, 0.5) is 20.4 Å². The Balaban J connectivity index is 1.14. The van der Waals surface area contributed by atoms with Crippen molar-refractivity contribution in [2.45, 2.75) is 6.54 Å². The third kappa shape index (κ3) is 5.49. The fourth-order valence-electron chi connectivity index (χ4n) is 4.88. The number of anilines is 2. The average Bonchev–Trinajstić information content (AvgIpc) is 3.68. The molecular weight excluding hydrogens is 576 g/mol. The first kappa shape index (κ1) is 27.5. The molecule has 5 aromatic rings. The fourth-order valence-corrected chi connectivity index (χ4v) is 6.16. The number of halogens is 2. The van der Waals surface area contributed by atoms with Crippen LogP contribution in [0.25, 0.3) is 27.3 Å². The predicted molar refractivity (Wildman–Crippen MR) is 154 cm³/mol. The number of thiazole rings is 1. The maximum Gasteiger partial charge on any atom is 0.309 e. The van der Waals surface area contributed by atoms with Gasteiger partial charge in [-0.1, -0.05) is 22.5 Å². The van der Waals surface area contributed by atoms with E-state index >= 15 is 0 Å². The third-order valence-corrected chi connectivity index (χ3v) is 8.74. The van der Waals surface area contributed by atoms with Gasteiger partial charge in [0.15, 0.2) is 23.0 Å². The number of nitrogen functional groups attached to an aromatic ring is 1. The highest BCUT2D eigenvalue weighted by Gasteiger charge is 2.23. The van der Waals surface area contributed by atoms with Crippen molar-refractivity contribution in [1.82, 2.24) is 24.1 Å². The standard InChI is InChI=1S/C26H27F2N7O4S2/c1-41(37)12-11-39-22-15-19(16(27)13-17(22)28)33-7-4-32(5-8-33)6-9-34-24-23(40-26(34)36)20-14-18(21-3-2-10-38-21)31-35(20)25(29)30-24/h2-3,10,13-15H,4-9,11-12H2,1H3,(H2,29,30). The zero-order chi connectivity index (χ0) is 28.7. The van der Waals surface area contributed by atoms with Crippen molar-refractivity contribution in [3.63, 3.8) is 0 Å². The van der Waals surface area contributed by atoms with E-state index in [0.717, 1.165) is 17.4 Å². The van der Waals surface area contributed by atoms with Crippen molar-refractivity contribution in [3.8, 4) is 17.2 Å². The van der Waals surface area contributed by atoms with E-state index in [0.29, 0.717) is 66.6 Å². The van der Waals surface area contributed by atoms with E-state index in [1.165, 1.54) is 16.8 Å². The van der Waals surface area contributed by atoms with E-state index in [2.05, 4.69) is 15.0 Å². The van der Waals surface area contributed by atoms with Gasteiger partial charge in [-0.05, 0) is 18.2 Å². The van der Waals surface area contributed by atoms with E-state index in [1.807, 2.05) is 11.0 Å². The summed E-state index contributed by atoms with van der Waals surface area (Å²) in [6, 6.07) is 7.58. The molecule has 1 aliphatic rings. The number of aromatic nitrogens is 4. The highest BCUT2D eigenvalue weighted by atomic mass is 32.2. The molecule has 6 rings (SSSR count). The second kappa shape index (κ2) is 11.3. The Kier molecular flexibility index (Phi) is 7.59. The number of ether oxygens (including phenoxy) is 1. The number of hydrogen-bond donors (Lipinski definition) is 1. The van der Waals surface area contributed by atoms with Gasteiger partial charge in [-0.25, -0.2) is 8.78 Å². The van der Waals surface area contributed by atoms with Gasteiger partial charge in [-0.2, -0.15) is 14.6 Å². The van der Waals surface area contributed by atoms with E-state index in [9.17, 15) is 18.1 Å². The molecule has 15 heteroatoms. The zero-order valence-electron chi connectivity index (χ0n) is 22.1. The first-order valence-corrected chi connectivity index (χ1v) is 15.4. The molecule has 2 N–H and O–H groups in total. The van der Waals surface area contributed by atoms with Gasteiger partial charge in [0.05, 0.1) is 23.7 Å². The highest BCUT2D eigenvalue weighted by molar-refractivity contribution is 7.90. The lowest BCUT2D eigenvalue weighted by atomic mass is 10.2. The summed E-state index contributed by atoms with van der Waals surface area (Å²) in [7, 11) is 0. The number of furan rings is 1. The van der Waals surface area contributed by atoms with Crippen LogP contribution in [0.15, 0.2) is 45.8 Å². The molecule has 0 aliphatic carbocycles. The lowest BCUT2D eigenvalue weighted by molar-refractivity contribution is 0.247. The summed E-state index contributed by atoms with van der Waals surface area (Å²) < 4.78 is 54.8. The Labute approximate surface area is 239 Å². The van der Waals surface area contributed by atoms with Gasteiger partial charge in [0, 0.05) is 51.4 Å². The van der Waals surface area contributed by atoms with Gasteiger partial charge in [0.2, 0.25) is 5.95 Å². The minimum atomic E-state index is -1.07. The maximum absolute atomic E-state index is 14.6. The highest BCUT2D eigenvalue weighted by Crippen LogP contribution is 2.30. The molecule has 1 saturated heterocycles. The molecular formula is C26H27F2N7O4S2. The van der Waals surface area contributed by atoms with E-state index in [4.69, 9.17) is 14.9 Å². The number of nitrogens with two attached hydrogens (primary N) is 1. The lowest BCUT2D eigenvalue weighted by Crippen LogP contribution is -2.47. The predicted octanol–water partition coefficient (Wildman–Crippen LogP) is 2.81.